The van der Waals surface area contributed by atoms with E-state index in [4.69, 9.17) is 4.98 Å². The van der Waals surface area contributed by atoms with Gasteiger partial charge < -0.3 is 20.1 Å². The Hall–Kier alpha value is -2.26. The minimum absolute atomic E-state index is 0. The van der Waals surface area contributed by atoms with E-state index in [0.29, 0.717) is 12.5 Å². The summed E-state index contributed by atoms with van der Waals surface area (Å²) in [7, 11) is 0. The molecule has 9 heteroatoms. The maximum Gasteiger partial charge on any atom is 1.00 e. The number of nitrogens with zero attached hydrogens (tertiary/aromatic N) is 5. The number of hydrogen-bond donors (Lipinski definition) is 1. The van der Waals surface area contributed by atoms with Crippen LogP contribution in [0.1, 0.15) is 48.4 Å². The average Bonchev–Trinajstić information content (AvgIpc) is 3.55. The Morgan fingerprint density at radius 1 is 1.26 bits per heavy atom. The van der Waals surface area contributed by atoms with Crippen LogP contribution in [-0.4, -0.2) is 56.8 Å². The van der Waals surface area contributed by atoms with Gasteiger partial charge in [0.05, 0.1) is 5.69 Å². The molecule has 178 valence electrons. The van der Waals surface area contributed by atoms with Crippen LogP contribution in [0.5, 0.6) is 0 Å². The summed E-state index contributed by atoms with van der Waals surface area (Å²) in [4.78, 5) is 22.8. The molecule has 0 unspecified atom stereocenters. The topological polar surface area (TPSA) is 99.0 Å². The Kier molecular flexibility index (Phi) is 8.94. The third-order valence-electron chi connectivity index (χ3n) is 7.05. The normalized spacial score (nSPS) is 18.3. The first-order chi connectivity index (χ1) is 16.6. The molecule has 1 saturated heterocycles. The fourth-order valence-corrected chi connectivity index (χ4v) is 5.24. The number of fused-ring (bicyclic) bond motifs is 1. The first kappa shape index (κ1) is 25.8. The van der Waals surface area contributed by atoms with Gasteiger partial charge in [-0.25, -0.2) is 14.6 Å². The molecule has 35 heavy (non-hydrogen) atoms. The second-order valence-electron chi connectivity index (χ2n) is 9.50. The van der Waals surface area contributed by atoms with Gasteiger partial charge in [0.25, 0.3) is 0 Å². The minimum atomic E-state index is -1.01. The molecular formula is C26H31N6NaO2. The standard InChI is InChI=1S/C26H32N6O2.Na/c33-25(34)14-22(21-3-1-5-24(13-21)32-18-27-17-29-32)16-31-12-10-19(15-31)6-8-23-9-7-20-4-2-11-28-26(20)30-23;/h1,3,5,7,9,13,17-19,22H,2,4,6,8,10-12,14-16H2,(H,28,30)(H,33,34);/q;+1/p-1/t19-,22-;/m1./s1. The van der Waals surface area contributed by atoms with Crippen LogP contribution in [0.2, 0.25) is 0 Å². The van der Waals surface area contributed by atoms with E-state index in [1.165, 1.54) is 18.3 Å². The van der Waals surface area contributed by atoms with Gasteiger partial charge in [-0.05, 0) is 80.3 Å². The molecule has 0 aliphatic carbocycles. The summed E-state index contributed by atoms with van der Waals surface area (Å²) in [6.45, 7) is 3.72. The van der Waals surface area contributed by atoms with Crippen molar-refractivity contribution in [3.05, 3.63) is 65.9 Å². The summed E-state index contributed by atoms with van der Waals surface area (Å²) in [5.41, 5.74) is 4.36. The number of aromatic nitrogens is 4. The van der Waals surface area contributed by atoms with Crippen molar-refractivity contribution < 1.29 is 39.5 Å². The first-order valence-corrected chi connectivity index (χ1v) is 12.2. The van der Waals surface area contributed by atoms with Crippen LogP contribution < -0.4 is 40.0 Å². The number of carboxylic acids is 1. The van der Waals surface area contributed by atoms with Crippen LogP contribution >= 0.6 is 0 Å². The van der Waals surface area contributed by atoms with Crippen molar-refractivity contribution in [2.45, 2.75) is 44.4 Å². The fraction of sp³-hybridized carbons (Fsp3) is 0.462. The van der Waals surface area contributed by atoms with E-state index in [1.54, 1.807) is 11.0 Å². The summed E-state index contributed by atoms with van der Waals surface area (Å²) >= 11 is 0. The number of hydrogen-bond acceptors (Lipinski definition) is 7. The Morgan fingerprint density at radius 2 is 2.17 bits per heavy atom. The summed E-state index contributed by atoms with van der Waals surface area (Å²) < 4.78 is 1.69. The Bertz CT molecular complexity index is 1120. The molecule has 0 amide bonds. The summed E-state index contributed by atoms with van der Waals surface area (Å²) in [5.74, 6) is 0.533. The number of nitrogens with one attached hydrogen (secondary N) is 1. The zero-order chi connectivity index (χ0) is 23.3. The van der Waals surface area contributed by atoms with E-state index in [9.17, 15) is 9.90 Å². The summed E-state index contributed by atoms with van der Waals surface area (Å²) in [5, 5.41) is 19.1. The maximum atomic E-state index is 11.5. The van der Waals surface area contributed by atoms with E-state index in [-0.39, 0.29) is 41.9 Å². The number of benzene rings is 1. The number of anilines is 1. The van der Waals surface area contributed by atoms with Crippen molar-refractivity contribution in [1.82, 2.24) is 24.6 Å². The number of carboxylic acid groups (broad SMARTS) is 1. The van der Waals surface area contributed by atoms with Gasteiger partial charge in [0, 0.05) is 37.2 Å². The number of carbonyl (C=O) groups excluding carboxylic acids is 1. The van der Waals surface area contributed by atoms with Gasteiger partial charge in [-0.1, -0.05) is 18.2 Å². The third kappa shape index (κ3) is 6.70. The molecule has 2 aliphatic heterocycles. The molecule has 1 aromatic carbocycles. The van der Waals surface area contributed by atoms with Crippen LogP contribution in [0.15, 0.2) is 49.1 Å². The van der Waals surface area contributed by atoms with Crippen molar-refractivity contribution in [2.75, 3.05) is 31.5 Å². The first-order valence-electron chi connectivity index (χ1n) is 12.2. The van der Waals surface area contributed by atoms with Gasteiger partial charge in [-0.2, -0.15) is 5.10 Å². The summed E-state index contributed by atoms with van der Waals surface area (Å²) in [6.07, 6.45) is 8.66. The minimum Gasteiger partial charge on any atom is -0.550 e. The number of aryl methyl sites for hydroxylation is 2. The van der Waals surface area contributed by atoms with Crippen LogP contribution in [-0.2, 0) is 17.6 Å². The number of rotatable bonds is 9. The van der Waals surface area contributed by atoms with Gasteiger partial charge in [-0.3, -0.25) is 0 Å². The molecule has 0 saturated carbocycles. The predicted octanol–water partition coefficient (Wildman–Crippen LogP) is -0.797. The van der Waals surface area contributed by atoms with Crippen molar-refractivity contribution >= 4 is 11.8 Å². The number of aliphatic carboxylic acids is 1. The number of carbonyl (C=O) groups is 1. The quantitative estimate of drug-likeness (QED) is 0.399. The molecule has 3 aromatic rings. The second kappa shape index (κ2) is 12.1. The largest absolute Gasteiger partial charge is 1.00 e. The molecule has 0 radical (unpaired) electrons. The third-order valence-corrected chi connectivity index (χ3v) is 7.05. The summed E-state index contributed by atoms with van der Waals surface area (Å²) in [6, 6.07) is 12.3. The molecule has 1 N–H and O–H groups in total. The number of likely N-dealkylation sites (tertiary alicyclic amines) is 1. The van der Waals surface area contributed by atoms with Crippen molar-refractivity contribution in [1.29, 1.82) is 0 Å². The molecule has 0 spiro atoms. The van der Waals surface area contributed by atoms with Crippen molar-refractivity contribution in [3.63, 3.8) is 0 Å². The van der Waals surface area contributed by atoms with Crippen LogP contribution in [0.4, 0.5) is 5.82 Å². The average molecular weight is 483 g/mol. The molecule has 1 fully saturated rings. The van der Waals surface area contributed by atoms with E-state index in [2.05, 4.69) is 32.4 Å². The predicted molar refractivity (Wildman–Crippen MR) is 128 cm³/mol. The van der Waals surface area contributed by atoms with Crippen LogP contribution in [0.3, 0.4) is 0 Å². The van der Waals surface area contributed by atoms with Crippen molar-refractivity contribution in [3.8, 4) is 5.69 Å². The van der Waals surface area contributed by atoms with E-state index in [0.717, 1.165) is 68.1 Å². The molecule has 2 aliphatic rings. The molecule has 2 atom stereocenters. The van der Waals surface area contributed by atoms with Crippen LogP contribution in [0, 0.1) is 5.92 Å². The SMILES string of the molecule is O=C([O-])C[C@H](CN1CC[C@@H](CCc2ccc3c(n2)NCCC3)C1)c1cccc(-n2cncn2)c1.[Na+]. The molecule has 8 nitrogen and oxygen atoms in total. The van der Waals surface area contributed by atoms with Gasteiger partial charge in [-0.15, -0.1) is 0 Å². The van der Waals surface area contributed by atoms with E-state index >= 15 is 0 Å². The second-order valence-corrected chi connectivity index (χ2v) is 9.50. The number of pyridine rings is 1. The van der Waals surface area contributed by atoms with Crippen LogP contribution in [0.25, 0.3) is 5.69 Å². The van der Waals surface area contributed by atoms with Gasteiger partial charge >= 0.3 is 29.6 Å². The van der Waals surface area contributed by atoms with Gasteiger partial charge in [0.1, 0.15) is 18.5 Å². The Balaban J connectivity index is 0.00000289. The van der Waals surface area contributed by atoms with Gasteiger partial charge in [0.15, 0.2) is 0 Å². The monoisotopic (exact) mass is 482 g/mol. The maximum absolute atomic E-state index is 11.5. The smallest absolute Gasteiger partial charge is 0.550 e. The Morgan fingerprint density at radius 3 is 3.00 bits per heavy atom. The zero-order valence-corrected chi connectivity index (χ0v) is 22.4. The fourth-order valence-electron chi connectivity index (χ4n) is 5.24. The van der Waals surface area contributed by atoms with E-state index < -0.39 is 5.97 Å². The molecule has 5 rings (SSSR count). The molecule has 4 heterocycles. The van der Waals surface area contributed by atoms with Gasteiger partial charge in [0.2, 0.25) is 0 Å². The van der Waals surface area contributed by atoms with E-state index in [1.807, 2.05) is 24.3 Å². The zero-order valence-electron chi connectivity index (χ0n) is 20.4. The molecule has 2 aromatic heterocycles. The molecule has 0 bridgehead atoms. The Labute approximate surface area is 228 Å². The molecular weight excluding hydrogens is 451 g/mol. The van der Waals surface area contributed by atoms with Crippen molar-refractivity contribution in [2.24, 2.45) is 5.92 Å².